The van der Waals surface area contributed by atoms with E-state index < -0.39 is 28.4 Å². The molecule has 1 aromatic carbocycles. The summed E-state index contributed by atoms with van der Waals surface area (Å²) in [6.07, 6.45) is 0.844. The first-order valence-corrected chi connectivity index (χ1v) is 6.99. The lowest BCUT2D eigenvalue weighted by atomic mass is 10.2. The average Bonchev–Trinajstić information content (AvgIpc) is 2.20. The van der Waals surface area contributed by atoms with Crippen molar-refractivity contribution in [1.82, 2.24) is 0 Å². The molecule has 0 heterocycles. The van der Waals surface area contributed by atoms with Crippen LogP contribution in [-0.2, 0) is 25.7 Å². The average molecular weight is 296 g/mol. The predicted octanol–water partition coefficient (Wildman–Crippen LogP) is 1.91. The first kappa shape index (κ1) is 14.9. The van der Waals surface area contributed by atoms with Crippen molar-refractivity contribution in [2.75, 3.05) is 11.6 Å². The zero-order chi connectivity index (χ0) is 13.9. The Balaban J connectivity index is 3.06. The van der Waals surface area contributed by atoms with E-state index in [4.69, 9.17) is 11.6 Å². The molecule has 0 fully saturated rings. The van der Waals surface area contributed by atoms with Crippen LogP contribution < -0.4 is 5.32 Å². The molecule has 1 aromatic rings. The molecule has 1 rings (SSSR count). The van der Waals surface area contributed by atoms with E-state index in [0.29, 0.717) is 0 Å². The van der Waals surface area contributed by atoms with Crippen molar-refractivity contribution in [2.45, 2.75) is 13.5 Å². The normalized spacial score (nSPS) is 11.3. The molecule has 0 spiro atoms. The van der Waals surface area contributed by atoms with E-state index in [-0.39, 0.29) is 16.3 Å². The molecule has 0 radical (unpaired) electrons. The second-order valence-electron chi connectivity index (χ2n) is 3.53. The van der Waals surface area contributed by atoms with Crippen LogP contribution in [0.25, 0.3) is 0 Å². The van der Waals surface area contributed by atoms with Crippen molar-refractivity contribution in [3.8, 4) is 0 Å². The van der Waals surface area contributed by atoms with Crippen LogP contribution in [0.3, 0.4) is 0 Å². The van der Waals surface area contributed by atoms with E-state index in [2.05, 4.69) is 9.50 Å². The largest absolute Gasteiger partial charge is 0.324 e. The van der Waals surface area contributed by atoms with Crippen LogP contribution >= 0.6 is 11.6 Å². The quantitative estimate of drug-likeness (QED) is 0.861. The van der Waals surface area contributed by atoms with Crippen LogP contribution in [0.2, 0.25) is 5.02 Å². The lowest BCUT2D eigenvalue weighted by Crippen LogP contribution is -2.10. The summed E-state index contributed by atoms with van der Waals surface area (Å²) in [5.74, 6) is -1.27. The van der Waals surface area contributed by atoms with Gasteiger partial charge in [-0.15, -0.1) is 0 Å². The minimum absolute atomic E-state index is 0.0188. The molecule has 1 amide bonds. The van der Waals surface area contributed by atoms with Gasteiger partial charge in [0.2, 0.25) is 5.91 Å². The molecule has 0 aromatic heterocycles. The summed E-state index contributed by atoms with van der Waals surface area (Å²) in [6, 6.07) is 2.62. The van der Waals surface area contributed by atoms with E-state index >= 15 is 0 Å². The Morgan fingerprint density at radius 2 is 2.11 bits per heavy atom. The molecule has 0 aliphatic heterocycles. The molecular formula is C10H11ClFNO4S. The summed E-state index contributed by atoms with van der Waals surface area (Å²) >= 11 is 5.74. The Bertz CT molecular complexity index is 573. The number of benzene rings is 1. The number of anilines is 1. The van der Waals surface area contributed by atoms with E-state index in [1.807, 2.05) is 0 Å². The van der Waals surface area contributed by atoms with Crippen LogP contribution in [0.15, 0.2) is 12.1 Å². The van der Waals surface area contributed by atoms with Gasteiger partial charge in [0.1, 0.15) is 0 Å². The molecule has 0 unspecified atom stereocenters. The minimum atomic E-state index is -3.70. The van der Waals surface area contributed by atoms with Gasteiger partial charge in [0.15, 0.2) is 5.82 Å². The second-order valence-corrected chi connectivity index (χ2v) is 5.59. The first-order valence-electron chi connectivity index (χ1n) is 4.79. The fourth-order valence-electron chi connectivity index (χ4n) is 1.18. The molecule has 0 aliphatic carbocycles. The van der Waals surface area contributed by atoms with Gasteiger partial charge in [-0.3, -0.25) is 8.98 Å². The number of halogens is 2. The summed E-state index contributed by atoms with van der Waals surface area (Å²) < 4.78 is 40.0. The zero-order valence-electron chi connectivity index (χ0n) is 9.66. The molecule has 1 N–H and O–H groups in total. The predicted molar refractivity (Wildman–Crippen MR) is 65.3 cm³/mol. The third-order valence-corrected chi connectivity index (χ3v) is 2.81. The van der Waals surface area contributed by atoms with E-state index in [1.54, 1.807) is 0 Å². The summed E-state index contributed by atoms with van der Waals surface area (Å²) in [5.41, 5.74) is -0.215. The Hall–Kier alpha value is -1.18. The topological polar surface area (TPSA) is 72.5 Å². The Labute approximate surface area is 109 Å². The highest BCUT2D eigenvalue weighted by atomic mass is 35.5. The second kappa shape index (κ2) is 5.64. The summed E-state index contributed by atoms with van der Waals surface area (Å²) in [6.45, 7) is 0.692. The number of carbonyl (C=O) groups is 1. The fourth-order valence-corrected chi connectivity index (χ4v) is 1.71. The molecule has 0 bridgehead atoms. The van der Waals surface area contributed by atoms with E-state index in [0.717, 1.165) is 6.26 Å². The summed E-state index contributed by atoms with van der Waals surface area (Å²) in [7, 11) is -3.70. The molecular weight excluding hydrogens is 285 g/mol. The van der Waals surface area contributed by atoms with Crippen molar-refractivity contribution in [3.63, 3.8) is 0 Å². The van der Waals surface area contributed by atoms with Gasteiger partial charge in [0.05, 0.1) is 18.6 Å². The van der Waals surface area contributed by atoms with Crippen molar-refractivity contribution >= 4 is 33.3 Å². The fraction of sp³-hybridized carbons (Fsp3) is 0.300. The maximum Gasteiger partial charge on any atom is 0.264 e. The smallest absolute Gasteiger partial charge is 0.264 e. The number of nitrogens with one attached hydrogen (secondary N) is 1. The summed E-state index contributed by atoms with van der Waals surface area (Å²) in [5, 5.41) is 2.28. The molecule has 0 atom stereocenters. The monoisotopic (exact) mass is 295 g/mol. The standard InChI is InChI=1S/C10H11ClFNO4S/c1-6(14)13-9-4-3-8(11)7(10(9)12)5-17-18(2,15)16/h3-4H,5H2,1-2H3,(H,13,14). The van der Waals surface area contributed by atoms with Gasteiger partial charge in [-0.1, -0.05) is 11.6 Å². The van der Waals surface area contributed by atoms with Gasteiger partial charge in [0, 0.05) is 17.5 Å². The lowest BCUT2D eigenvalue weighted by molar-refractivity contribution is -0.114. The zero-order valence-corrected chi connectivity index (χ0v) is 11.2. The third kappa shape index (κ3) is 4.25. The maximum atomic E-state index is 13.9. The highest BCUT2D eigenvalue weighted by Gasteiger charge is 2.15. The van der Waals surface area contributed by atoms with Gasteiger partial charge in [0.25, 0.3) is 10.1 Å². The summed E-state index contributed by atoms with van der Waals surface area (Å²) in [4.78, 5) is 10.8. The number of hydrogen-bond acceptors (Lipinski definition) is 4. The number of hydrogen-bond donors (Lipinski definition) is 1. The van der Waals surface area contributed by atoms with E-state index in [9.17, 15) is 17.6 Å². The molecule has 0 aliphatic rings. The van der Waals surface area contributed by atoms with Crippen LogP contribution in [0, 0.1) is 5.82 Å². The van der Waals surface area contributed by atoms with Crippen LogP contribution in [0.5, 0.6) is 0 Å². The Morgan fingerprint density at radius 1 is 1.50 bits per heavy atom. The number of rotatable bonds is 4. The van der Waals surface area contributed by atoms with Crippen molar-refractivity contribution < 1.29 is 21.8 Å². The maximum absolute atomic E-state index is 13.9. The molecule has 18 heavy (non-hydrogen) atoms. The van der Waals surface area contributed by atoms with E-state index in [1.165, 1.54) is 19.1 Å². The molecule has 0 saturated heterocycles. The van der Waals surface area contributed by atoms with Gasteiger partial charge >= 0.3 is 0 Å². The Morgan fingerprint density at radius 3 is 2.61 bits per heavy atom. The molecule has 100 valence electrons. The SMILES string of the molecule is CC(=O)Nc1ccc(Cl)c(COS(C)(=O)=O)c1F. The van der Waals surface area contributed by atoms with Crippen molar-refractivity contribution in [1.29, 1.82) is 0 Å². The van der Waals surface area contributed by atoms with Gasteiger partial charge in [-0.25, -0.2) is 4.39 Å². The highest BCUT2D eigenvalue weighted by Crippen LogP contribution is 2.26. The molecule has 5 nitrogen and oxygen atoms in total. The minimum Gasteiger partial charge on any atom is -0.324 e. The Kier molecular flexibility index (Phi) is 4.66. The molecule has 8 heteroatoms. The van der Waals surface area contributed by atoms with Gasteiger partial charge < -0.3 is 5.32 Å². The number of amides is 1. The number of carbonyl (C=O) groups excluding carboxylic acids is 1. The van der Waals surface area contributed by atoms with Crippen LogP contribution in [0.4, 0.5) is 10.1 Å². The van der Waals surface area contributed by atoms with Gasteiger partial charge in [-0.05, 0) is 12.1 Å². The van der Waals surface area contributed by atoms with Crippen molar-refractivity contribution in [3.05, 3.63) is 28.5 Å². The lowest BCUT2D eigenvalue weighted by Gasteiger charge is -2.10. The van der Waals surface area contributed by atoms with Gasteiger partial charge in [-0.2, -0.15) is 8.42 Å². The third-order valence-electron chi connectivity index (χ3n) is 1.91. The van der Waals surface area contributed by atoms with Crippen molar-refractivity contribution in [2.24, 2.45) is 0 Å². The highest BCUT2D eigenvalue weighted by molar-refractivity contribution is 7.85. The first-order chi connectivity index (χ1) is 8.20. The molecule has 0 saturated carbocycles. The van der Waals surface area contributed by atoms with Crippen LogP contribution in [-0.4, -0.2) is 20.6 Å². The van der Waals surface area contributed by atoms with Crippen LogP contribution in [0.1, 0.15) is 12.5 Å².